The summed E-state index contributed by atoms with van der Waals surface area (Å²) in [7, 11) is 5.11. The van der Waals surface area contributed by atoms with Crippen molar-refractivity contribution in [3.63, 3.8) is 0 Å². The number of amides is 1. The molecule has 0 saturated carbocycles. The maximum absolute atomic E-state index is 13.7. The van der Waals surface area contributed by atoms with Gasteiger partial charge in [0.05, 0.1) is 25.7 Å². The van der Waals surface area contributed by atoms with E-state index >= 15 is 0 Å². The van der Waals surface area contributed by atoms with Crippen molar-refractivity contribution >= 4 is 40.8 Å². The van der Waals surface area contributed by atoms with Crippen LogP contribution in [0.2, 0.25) is 5.15 Å². The van der Waals surface area contributed by atoms with E-state index in [1.165, 1.54) is 12.1 Å². The van der Waals surface area contributed by atoms with Gasteiger partial charge in [-0.2, -0.15) is 0 Å². The van der Waals surface area contributed by atoms with Crippen LogP contribution in [0.3, 0.4) is 0 Å². The number of ether oxygens (including phenoxy) is 2. The third-order valence-electron chi connectivity index (χ3n) is 4.72. The predicted octanol–water partition coefficient (Wildman–Crippen LogP) is 4.70. The summed E-state index contributed by atoms with van der Waals surface area (Å²) in [6, 6.07) is 13.5. The molecule has 1 aromatic heterocycles. The number of nitrogens with zero attached hydrogens (tertiary/aromatic N) is 3. The minimum absolute atomic E-state index is 0.0173. The standard InChI is InChI=1S/C23H24ClFN4O3S/c1-29(11-10-15-8-9-18(31-2)19(12-15)32-3)21-13-20(24)27-23(28-21)33-14-22(30)26-17-7-5-4-6-16(17)25/h4-9,12-13H,10-11,14H2,1-3H3,(H,26,30). The Morgan fingerprint density at radius 3 is 2.61 bits per heavy atom. The third-order valence-corrected chi connectivity index (χ3v) is 5.76. The van der Waals surface area contributed by atoms with E-state index in [1.807, 2.05) is 30.1 Å². The number of aromatic nitrogens is 2. The number of hydrogen-bond acceptors (Lipinski definition) is 7. The van der Waals surface area contributed by atoms with Crippen LogP contribution in [-0.2, 0) is 11.2 Å². The Morgan fingerprint density at radius 2 is 1.88 bits per heavy atom. The molecule has 1 heterocycles. The van der Waals surface area contributed by atoms with Gasteiger partial charge in [0.25, 0.3) is 0 Å². The second-order valence-corrected chi connectivity index (χ2v) is 8.34. The average Bonchev–Trinajstić information content (AvgIpc) is 2.82. The van der Waals surface area contributed by atoms with Gasteiger partial charge in [0, 0.05) is 19.7 Å². The molecule has 0 aliphatic rings. The fourth-order valence-corrected chi connectivity index (χ4v) is 3.85. The maximum Gasteiger partial charge on any atom is 0.234 e. The lowest BCUT2D eigenvalue weighted by atomic mass is 10.1. The highest BCUT2D eigenvalue weighted by atomic mass is 35.5. The number of likely N-dealkylation sites (N-methyl/N-ethyl adjacent to an activating group) is 1. The number of carbonyl (C=O) groups excluding carboxylic acids is 1. The number of thioether (sulfide) groups is 1. The first-order valence-corrected chi connectivity index (χ1v) is 11.4. The highest BCUT2D eigenvalue weighted by Crippen LogP contribution is 2.28. The van der Waals surface area contributed by atoms with Crippen molar-refractivity contribution in [3.8, 4) is 11.5 Å². The summed E-state index contributed by atoms with van der Waals surface area (Å²) in [5, 5.41) is 3.17. The molecular formula is C23H24ClFN4O3S. The van der Waals surface area contributed by atoms with Crippen molar-refractivity contribution in [2.24, 2.45) is 0 Å². The van der Waals surface area contributed by atoms with Crippen molar-refractivity contribution in [1.82, 2.24) is 9.97 Å². The van der Waals surface area contributed by atoms with Gasteiger partial charge in [-0.25, -0.2) is 14.4 Å². The molecule has 33 heavy (non-hydrogen) atoms. The zero-order chi connectivity index (χ0) is 23.8. The first kappa shape index (κ1) is 24.6. The molecule has 0 aliphatic heterocycles. The monoisotopic (exact) mass is 490 g/mol. The smallest absolute Gasteiger partial charge is 0.234 e. The zero-order valence-electron chi connectivity index (χ0n) is 18.5. The number of nitrogens with one attached hydrogen (secondary N) is 1. The molecule has 0 unspecified atom stereocenters. The van der Waals surface area contributed by atoms with Gasteiger partial charge < -0.3 is 19.7 Å². The van der Waals surface area contributed by atoms with Gasteiger partial charge in [-0.05, 0) is 36.2 Å². The van der Waals surface area contributed by atoms with Crippen LogP contribution < -0.4 is 19.7 Å². The van der Waals surface area contributed by atoms with Crippen molar-refractivity contribution in [2.45, 2.75) is 11.6 Å². The van der Waals surface area contributed by atoms with E-state index in [9.17, 15) is 9.18 Å². The minimum Gasteiger partial charge on any atom is -0.493 e. The normalized spacial score (nSPS) is 10.6. The summed E-state index contributed by atoms with van der Waals surface area (Å²) < 4.78 is 24.3. The number of rotatable bonds is 10. The van der Waals surface area contributed by atoms with Crippen molar-refractivity contribution in [1.29, 1.82) is 0 Å². The molecule has 2 aromatic carbocycles. The molecule has 10 heteroatoms. The van der Waals surface area contributed by atoms with E-state index in [-0.39, 0.29) is 22.5 Å². The highest BCUT2D eigenvalue weighted by Gasteiger charge is 2.12. The molecule has 0 spiro atoms. The quantitative estimate of drug-likeness (QED) is 0.251. The molecular weight excluding hydrogens is 467 g/mol. The fourth-order valence-electron chi connectivity index (χ4n) is 2.97. The number of carbonyl (C=O) groups is 1. The van der Waals surface area contributed by atoms with E-state index in [0.29, 0.717) is 29.0 Å². The molecule has 3 aromatic rings. The van der Waals surface area contributed by atoms with E-state index in [4.69, 9.17) is 21.1 Å². The Bertz CT molecular complexity index is 1120. The second kappa shape index (κ2) is 11.7. The van der Waals surface area contributed by atoms with Gasteiger partial charge >= 0.3 is 0 Å². The highest BCUT2D eigenvalue weighted by molar-refractivity contribution is 7.99. The van der Waals surface area contributed by atoms with Crippen LogP contribution in [-0.4, -0.2) is 49.4 Å². The van der Waals surface area contributed by atoms with Gasteiger partial charge in [0.2, 0.25) is 5.91 Å². The lowest BCUT2D eigenvalue weighted by molar-refractivity contribution is -0.113. The SMILES string of the molecule is COc1ccc(CCN(C)c2cc(Cl)nc(SCC(=O)Nc3ccccc3F)n2)cc1OC. The van der Waals surface area contributed by atoms with Crippen LogP contribution in [0, 0.1) is 5.82 Å². The van der Waals surface area contributed by atoms with Crippen LogP contribution in [0.5, 0.6) is 11.5 Å². The van der Waals surface area contributed by atoms with E-state index in [2.05, 4.69) is 15.3 Å². The summed E-state index contributed by atoms with van der Waals surface area (Å²) >= 11 is 7.30. The molecule has 0 atom stereocenters. The molecule has 1 N–H and O–H groups in total. The molecule has 0 saturated heterocycles. The van der Waals surface area contributed by atoms with Gasteiger partial charge in [0.15, 0.2) is 16.7 Å². The fraction of sp³-hybridized carbons (Fsp3) is 0.261. The van der Waals surface area contributed by atoms with Crippen LogP contribution in [0.25, 0.3) is 0 Å². The number of anilines is 2. The Balaban J connectivity index is 1.59. The largest absolute Gasteiger partial charge is 0.493 e. The Kier molecular flexibility index (Phi) is 8.73. The van der Waals surface area contributed by atoms with Gasteiger partial charge in [-0.15, -0.1) is 0 Å². The number of hydrogen-bond donors (Lipinski definition) is 1. The lowest BCUT2D eigenvalue weighted by Gasteiger charge is -2.19. The molecule has 3 rings (SSSR count). The Hall–Kier alpha value is -3.04. The summed E-state index contributed by atoms with van der Waals surface area (Å²) in [6.07, 6.45) is 0.742. The summed E-state index contributed by atoms with van der Waals surface area (Å²) in [5.74, 6) is 1.15. The van der Waals surface area contributed by atoms with E-state index in [0.717, 1.165) is 23.7 Å². The van der Waals surface area contributed by atoms with Crippen molar-refractivity contribution in [2.75, 3.05) is 43.8 Å². The first-order chi connectivity index (χ1) is 15.9. The molecule has 0 bridgehead atoms. The summed E-state index contributed by atoms with van der Waals surface area (Å²) in [5.41, 5.74) is 1.21. The average molecular weight is 491 g/mol. The minimum atomic E-state index is -0.492. The topological polar surface area (TPSA) is 76.6 Å². The van der Waals surface area contributed by atoms with Crippen molar-refractivity contribution < 1.29 is 18.7 Å². The number of methoxy groups -OCH3 is 2. The lowest BCUT2D eigenvalue weighted by Crippen LogP contribution is -2.22. The molecule has 1 amide bonds. The first-order valence-electron chi connectivity index (χ1n) is 10.0. The zero-order valence-corrected chi connectivity index (χ0v) is 20.0. The summed E-state index contributed by atoms with van der Waals surface area (Å²) in [4.78, 5) is 22.8. The van der Waals surface area contributed by atoms with Crippen molar-refractivity contribution in [3.05, 3.63) is 65.1 Å². The third kappa shape index (κ3) is 6.97. The number of benzene rings is 2. The maximum atomic E-state index is 13.7. The molecule has 7 nitrogen and oxygen atoms in total. The van der Waals surface area contributed by atoms with Crippen LogP contribution in [0.4, 0.5) is 15.9 Å². The van der Waals surface area contributed by atoms with Crippen LogP contribution >= 0.6 is 23.4 Å². The van der Waals surface area contributed by atoms with E-state index < -0.39 is 5.82 Å². The summed E-state index contributed by atoms with van der Waals surface area (Å²) in [6.45, 7) is 0.667. The molecule has 0 fully saturated rings. The van der Waals surface area contributed by atoms with Gasteiger partial charge in [-0.3, -0.25) is 4.79 Å². The van der Waals surface area contributed by atoms with E-state index in [1.54, 1.807) is 32.4 Å². The Labute approximate surface area is 201 Å². The number of para-hydroxylation sites is 1. The van der Waals surface area contributed by atoms with Gasteiger partial charge in [-0.1, -0.05) is 41.6 Å². The molecule has 0 radical (unpaired) electrons. The van der Waals surface area contributed by atoms with Crippen LogP contribution in [0.15, 0.2) is 53.7 Å². The van der Waals surface area contributed by atoms with Gasteiger partial charge in [0.1, 0.15) is 16.8 Å². The predicted molar refractivity (Wildman–Crippen MR) is 129 cm³/mol. The molecule has 174 valence electrons. The Morgan fingerprint density at radius 1 is 1.12 bits per heavy atom. The number of halogens is 2. The van der Waals surface area contributed by atoms with Crippen LogP contribution in [0.1, 0.15) is 5.56 Å². The second-order valence-electron chi connectivity index (χ2n) is 7.01. The molecule has 0 aliphatic carbocycles.